The summed E-state index contributed by atoms with van der Waals surface area (Å²) in [6.45, 7) is 2.41. The van der Waals surface area contributed by atoms with E-state index in [2.05, 4.69) is 15.6 Å². The van der Waals surface area contributed by atoms with Gasteiger partial charge in [0, 0.05) is 5.69 Å². The summed E-state index contributed by atoms with van der Waals surface area (Å²) < 4.78 is 1.55. The van der Waals surface area contributed by atoms with E-state index < -0.39 is 0 Å². The molecule has 0 spiro atoms. The highest BCUT2D eigenvalue weighted by Crippen LogP contribution is 2.06. The van der Waals surface area contributed by atoms with Gasteiger partial charge in [0.15, 0.2) is 5.78 Å². The van der Waals surface area contributed by atoms with E-state index in [0.29, 0.717) is 6.54 Å². The topological polar surface area (TPSA) is 59.8 Å². The molecule has 0 aliphatic rings. The van der Waals surface area contributed by atoms with E-state index >= 15 is 0 Å². The molecule has 0 radical (unpaired) electrons. The Bertz CT molecular complexity index is 492. The van der Waals surface area contributed by atoms with Crippen LogP contribution in [0.4, 0.5) is 5.69 Å². The minimum Gasteiger partial charge on any atom is -0.379 e. The van der Waals surface area contributed by atoms with Crippen molar-refractivity contribution < 1.29 is 4.79 Å². The molecule has 0 saturated heterocycles. The highest BCUT2D eigenvalue weighted by Gasteiger charge is 2.02. The first kappa shape index (κ1) is 11.3. The molecular formula is C12H14N4O. The van der Waals surface area contributed by atoms with Crippen molar-refractivity contribution >= 4 is 11.5 Å². The number of anilines is 1. The number of hydrogen-bond acceptors (Lipinski definition) is 4. The number of para-hydroxylation sites is 1. The molecule has 5 heteroatoms. The average Bonchev–Trinajstić information content (AvgIpc) is 2.75. The Hall–Kier alpha value is -2.17. The van der Waals surface area contributed by atoms with E-state index in [1.54, 1.807) is 10.9 Å². The lowest BCUT2D eigenvalue weighted by molar-refractivity contribution is -0.117. The average molecular weight is 230 g/mol. The standard InChI is InChI=1S/C12H14N4O/c1-10(17)8-16-9-12(14-15-16)7-13-11-5-3-2-4-6-11/h2-6,9,13H,7-8H2,1H3. The summed E-state index contributed by atoms with van der Waals surface area (Å²) in [6.07, 6.45) is 1.78. The van der Waals surface area contributed by atoms with Gasteiger partial charge in [0.25, 0.3) is 0 Å². The molecular weight excluding hydrogens is 216 g/mol. The fourth-order valence-electron chi connectivity index (χ4n) is 1.47. The van der Waals surface area contributed by atoms with Crippen LogP contribution in [0.15, 0.2) is 36.5 Å². The fourth-order valence-corrected chi connectivity index (χ4v) is 1.47. The summed E-state index contributed by atoms with van der Waals surface area (Å²) in [7, 11) is 0. The van der Waals surface area contributed by atoms with Crippen LogP contribution in [-0.4, -0.2) is 20.8 Å². The molecule has 0 unspecified atom stereocenters. The van der Waals surface area contributed by atoms with Crippen LogP contribution >= 0.6 is 0 Å². The molecule has 0 bridgehead atoms. The Kier molecular flexibility index (Phi) is 3.49. The zero-order valence-corrected chi connectivity index (χ0v) is 9.63. The van der Waals surface area contributed by atoms with Gasteiger partial charge in [-0.25, -0.2) is 4.68 Å². The maximum absolute atomic E-state index is 10.9. The summed E-state index contributed by atoms with van der Waals surface area (Å²) in [5, 5.41) is 11.1. The van der Waals surface area contributed by atoms with Crippen molar-refractivity contribution in [3.8, 4) is 0 Å². The van der Waals surface area contributed by atoms with Crippen LogP contribution in [0, 0.1) is 0 Å². The van der Waals surface area contributed by atoms with Gasteiger partial charge in [-0.15, -0.1) is 5.10 Å². The lowest BCUT2D eigenvalue weighted by Crippen LogP contribution is -2.06. The second-order valence-corrected chi connectivity index (χ2v) is 3.83. The monoisotopic (exact) mass is 230 g/mol. The number of benzene rings is 1. The van der Waals surface area contributed by atoms with Crippen molar-refractivity contribution in [1.29, 1.82) is 0 Å². The van der Waals surface area contributed by atoms with Gasteiger partial charge in [0.2, 0.25) is 0 Å². The second-order valence-electron chi connectivity index (χ2n) is 3.83. The zero-order valence-electron chi connectivity index (χ0n) is 9.63. The van der Waals surface area contributed by atoms with Crippen LogP contribution in [0.1, 0.15) is 12.6 Å². The molecule has 0 aliphatic carbocycles. The van der Waals surface area contributed by atoms with Crippen LogP contribution in [-0.2, 0) is 17.9 Å². The Morgan fingerprint density at radius 2 is 2.12 bits per heavy atom. The van der Waals surface area contributed by atoms with Gasteiger partial charge in [0.1, 0.15) is 12.2 Å². The van der Waals surface area contributed by atoms with E-state index in [1.165, 1.54) is 6.92 Å². The number of rotatable bonds is 5. The third-order valence-corrected chi connectivity index (χ3v) is 2.22. The maximum Gasteiger partial charge on any atom is 0.151 e. The Morgan fingerprint density at radius 3 is 2.82 bits per heavy atom. The van der Waals surface area contributed by atoms with Gasteiger partial charge in [-0.05, 0) is 19.1 Å². The van der Waals surface area contributed by atoms with E-state index in [9.17, 15) is 4.79 Å². The molecule has 2 aromatic rings. The minimum absolute atomic E-state index is 0.0671. The third kappa shape index (κ3) is 3.41. The minimum atomic E-state index is 0.0671. The quantitative estimate of drug-likeness (QED) is 0.845. The smallest absolute Gasteiger partial charge is 0.151 e. The third-order valence-electron chi connectivity index (χ3n) is 2.22. The molecule has 17 heavy (non-hydrogen) atoms. The number of aromatic nitrogens is 3. The molecule has 0 aliphatic heterocycles. The van der Waals surface area contributed by atoms with Crippen molar-refractivity contribution in [2.75, 3.05) is 5.32 Å². The first-order valence-corrected chi connectivity index (χ1v) is 5.41. The SMILES string of the molecule is CC(=O)Cn1cc(CNc2ccccc2)nn1. The van der Waals surface area contributed by atoms with Crippen LogP contribution in [0.3, 0.4) is 0 Å². The first-order valence-electron chi connectivity index (χ1n) is 5.41. The normalized spacial score (nSPS) is 10.2. The first-order chi connectivity index (χ1) is 8.24. The van der Waals surface area contributed by atoms with E-state index in [0.717, 1.165) is 11.4 Å². The second kappa shape index (κ2) is 5.25. The van der Waals surface area contributed by atoms with Gasteiger partial charge < -0.3 is 5.32 Å². The highest BCUT2D eigenvalue weighted by molar-refractivity contribution is 5.75. The molecule has 1 heterocycles. The van der Waals surface area contributed by atoms with Crippen molar-refractivity contribution in [1.82, 2.24) is 15.0 Å². The molecule has 88 valence electrons. The van der Waals surface area contributed by atoms with E-state index in [1.807, 2.05) is 30.3 Å². The molecule has 2 rings (SSSR count). The lowest BCUT2D eigenvalue weighted by atomic mass is 10.3. The van der Waals surface area contributed by atoms with Crippen LogP contribution < -0.4 is 5.32 Å². The van der Waals surface area contributed by atoms with Crippen molar-refractivity contribution in [3.05, 3.63) is 42.2 Å². The Morgan fingerprint density at radius 1 is 1.35 bits per heavy atom. The van der Waals surface area contributed by atoms with Gasteiger partial charge >= 0.3 is 0 Å². The molecule has 5 nitrogen and oxygen atoms in total. The van der Waals surface area contributed by atoms with Crippen molar-refractivity contribution in [2.45, 2.75) is 20.0 Å². The number of nitrogens with one attached hydrogen (secondary N) is 1. The molecule has 0 saturated carbocycles. The molecule has 0 fully saturated rings. The summed E-state index contributed by atoms with van der Waals surface area (Å²) >= 11 is 0. The predicted molar refractivity (Wildman–Crippen MR) is 64.5 cm³/mol. The summed E-state index contributed by atoms with van der Waals surface area (Å²) in [6, 6.07) is 9.87. The molecule has 0 atom stereocenters. The number of carbonyl (C=O) groups excluding carboxylic acids is 1. The summed E-state index contributed by atoms with van der Waals surface area (Å²) in [4.78, 5) is 10.9. The number of hydrogen-bond donors (Lipinski definition) is 1. The summed E-state index contributed by atoms with van der Waals surface area (Å²) in [5.74, 6) is 0.0671. The van der Waals surface area contributed by atoms with E-state index in [-0.39, 0.29) is 12.3 Å². The van der Waals surface area contributed by atoms with Gasteiger partial charge in [-0.2, -0.15) is 0 Å². The van der Waals surface area contributed by atoms with Crippen molar-refractivity contribution in [2.24, 2.45) is 0 Å². The largest absolute Gasteiger partial charge is 0.379 e. The number of nitrogens with zero attached hydrogens (tertiary/aromatic N) is 3. The Labute approximate surface area is 99.5 Å². The maximum atomic E-state index is 10.9. The van der Waals surface area contributed by atoms with Gasteiger partial charge in [-0.1, -0.05) is 23.4 Å². The van der Waals surface area contributed by atoms with Gasteiger partial charge in [-0.3, -0.25) is 4.79 Å². The number of ketones is 1. The summed E-state index contributed by atoms with van der Waals surface area (Å²) in [5.41, 5.74) is 1.85. The zero-order chi connectivity index (χ0) is 12.1. The van der Waals surface area contributed by atoms with Gasteiger partial charge in [0.05, 0.1) is 12.7 Å². The van der Waals surface area contributed by atoms with Crippen LogP contribution in [0.2, 0.25) is 0 Å². The molecule has 0 amide bonds. The van der Waals surface area contributed by atoms with Crippen LogP contribution in [0.5, 0.6) is 0 Å². The van der Waals surface area contributed by atoms with Crippen molar-refractivity contribution in [3.63, 3.8) is 0 Å². The molecule has 1 aromatic heterocycles. The molecule has 1 aromatic carbocycles. The Balaban J connectivity index is 1.91. The number of Topliss-reactive ketones (excluding diaryl/α,β-unsaturated/α-hetero) is 1. The van der Waals surface area contributed by atoms with E-state index in [4.69, 9.17) is 0 Å². The van der Waals surface area contributed by atoms with Crippen LogP contribution in [0.25, 0.3) is 0 Å². The fraction of sp³-hybridized carbons (Fsp3) is 0.250. The highest BCUT2D eigenvalue weighted by atomic mass is 16.1. The molecule has 1 N–H and O–H groups in total. The number of carbonyl (C=O) groups is 1. The lowest BCUT2D eigenvalue weighted by Gasteiger charge is -2.02. The predicted octanol–water partition coefficient (Wildman–Crippen LogP) is 1.48.